The molecular formula is C11H22N2O. The standard InChI is InChI=1S/C11H22N2O/c12-9-1-3-10(4-2-9)13(7-8-14)11-5-6-11/h9-11,14H,1-8,12H2. The zero-order valence-corrected chi connectivity index (χ0v) is 8.86. The van der Waals surface area contributed by atoms with Crippen LogP contribution in [0.5, 0.6) is 0 Å². The van der Waals surface area contributed by atoms with Crippen molar-refractivity contribution in [3.8, 4) is 0 Å². The summed E-state index contributed by atoms with van der Waals surface area (Å²) in [5.74, 6) is 0. The molecule has 0 heterocycles. The maximum absolute atomic E-state index is 9.03. The second kappa shape index (κ2) is 4.60. The lowest BCUT2D eigenvalue weighted by molar-refractivity contribution is 0.112. The first kappa shape index (κ1) is 10.4. The molecule has 0 amide bonds. The number of aliphatic hydroxyl groups is 1. The summed E-state index contributed by atoms with van der Waals surface area (Å²) in [5.41, 5.74) is 5.89. The molecule has 0 unspecified atom stereocenters. The molecule has 2 fully saturated rings. The van der Waals surface area contributed by atoms with Crippen molar-refractivity contribution in [2.75, 3.05) is 13.2 Å². The molecule has 0 aromatic carbocycles. The molecule has 2 rings (SSSR count). The molecule has 0 spiro atoms. The average molecular weight is 198 g/mol. The van der Waals surface area contributed by atoms with Crippen molar-refractivity contribution in [3.05, 3.63) is 0 Å². The first-order chi connectivity index (χ1) is 6.81. The van der Waals surface area contributed by atoms with Crippen LogP contribution < -0.4 is 5.73 Å². The molecule has 0 aromatic heterocycles. The number of rotatable bonds is 4. The Morgan fingerprint density at radius 3 is 1.93 bits per heavy atom. The Hall–Kier alpha value is -0.120. The zero-order chi connectivity index (χ0) is 9.97. The van der Waals surface area contributed by atoms with Gasteiger partial charge in [-0.1, -0.05) is 0 Å². The van der Waals surface area contributed by atoms with Gasteiger partial charge < -0.3 is 10.8 Å². The van der Waals surface area contributed by atoms with E-state index < -0.39 is 0 Å². The minimum Gasteiger partial charge on any atom is -0.395 e. The van der Waals surface area contributed by atoms with Gasteiger partial charge in [0.1, 0.15) is 0 Å². The minimum absolute atomic E-state index is 0.305. The van der Waals surface area contributed by atoms with Gasteiger partial charge in [-0.2, -0.15) is 0 Å². The predicted octanol–water partition coefficient (Wildman–Crippen LogP) is 0.713. The monoisotopic (exact) mass is 198 g/mol. The number of nitrogens with two attached hydrogens (primary N) is 1. The highest BCUT2D eigenvalue weighted by Crippen LogP contribution is 2.32. The fourth-order valence-corrected chi connectivity index (χ4v) is 2.62. The first-order valence-corrected chi connectivity index (χ1v) is 5.93. The van der Waals surface area contributed by atoms with E-state index in [0.29, 0.717) is 18.7 Å². The van der Waals surface area contributed by atoms with E-state index in [1.54, 1.807) is 0 Å². The fraction of sp³-hybridized carbons (Fsp3) is 1.00. The van der Waals surface area contributed by atoms with Gasteiger partial charge >= 0.3 is 0 Å². The van der Waals surface area contributed by atoms with Gasteiger partial charge in [0.25, 0.3) is 0 Å². The Morgan fingerprint density at radius 1 is 1.00 bits per heavy atom. The molecule has 0 radical (unpaired) electrons. The normalized spacial score (nSPS) is 33.6. The van der Waals surface area contributed by atoms with Crippen LogP contribution in [0.3, 0.4) is 0 Å². The van der Waals surface area contributed by atoms with Crippen LogP contribution in [0, 0.1) is 0 Å². The summed E-state index contributed by atoms with van der Waals surface area (Å²) >= 11 is 0. The van der Waals surface area contributed by atoms with Gasteiger partial charge in [-0.3, -0.25) is 4.90 Å². The van der Waals surface area contributed by atoms with Crippen molar-refractivity contribution >= 4 is 0 Å². The van der Waals surface area contributed by atoms with E-state index in [4.69, 9.17) is 10.8 Å². The largest absolute Gasteiger partial charge is 0.395 e. The Bertz CT molecular complexity index is 174. The second-order valence-electron chi connectivity index (χ2n) is 4.76. The quantitative estimate of drug-likeness (QED) is 0.699. The Kier molecular flexibility index (Phi) is 3.42. The van der Waals surface area contributed by atoms with Crippen molar-refractivity contribution in [2.45, 2.75) is 56.7 Å². The number of hydrogen-bond donors (Lipinski definition) is 2. The molecule has 82 valence electrons. The number of nitrogens with zero attached hydrogens (tertiary/aromatic N) is 1. The molecule has 0 aromatic rings. The molecule has 3 N–H and O–H groups in total. The summed E-state index contributed by atoms with van der Waals surface area (Å²) in [6, 6.07) is 1.91. The highest BCUT2D eigenvalue weighted by Gasteiger charge is 2.34. The molecule has 0 saturated heterocycles. The maximum Gasteiger partial charge on any atom is 0.0558 e. The third kappa shape index (κ3) is 2.47. The fourth-order valence-electron chi connectivity index (χ4n) is 2.62. The van der Waals surface area contributed by atoms with Crippen molar-refractivity contribution < 1.29 is 5.11 Å². The minimum atomic E-state index is 0.305. The second-order valence-corrected chi connectivity index (χ2v) is 4.76. The van der Waals surface area contributed by atoms with Gasteiger partial charge in [0.15, 0.2) is 0 Å². The molecule has 0 atom stereocenters. The molecular weight excluding hydrogens is 176 g/mol. The molecule has 3 heteroatoms. The number of hydrogen-bond acceptors (Lipinski definition) is 3. The summed E-state index contributed by atoms with van der Waals surface area (Å²) in [4.78, 5) is 2.52. The Balaban J connectivity index is 1.84. The van der Waals surface area contributed by atoms with Crippen LogP contribution in [0.1, 0.15) is 38.5 Å². The van der Waals surface area contributed by atoms with Gasteiger partial charge in [0.2, 0.25) is 0 Å². The predicted molar refractivity (Wildman–Crippen MR) is 57.0 cm³/mol. The smallest absolute Gasteiger partial charge is 0.0558 e. The summed E-state index contributed by atoms with van der Waals surface area (Å²) in [5, 5.41) is 9.03. The third-order valence-corrected chi connectivity index (χ3v) is 3.58. The average Bonchev–Trinajstić information content (AvgIpc) is 2.99. The number of aliphatic hydroxyl groups excluding tert-OH is 1. The lowest BCUT2D eigenvalue weighted by Gasteiger charge is -2.35. The topological polar surface area (TPSA) is 49.5 Å². The SMILES string of the molecule is NC1CCC(N(CCO)C2CC2)CC1. The molecule has 0 aliphatic heterocycles. The van der Waals surface area contributed by atoms with Crippen LogP contribution in [0.4, 0.5) is 0 Å². The maximum atomic E-state index is 9.03. The molecule has 2 saturated carbocycles. The van der Waals surface area contributed by atoms with E-state index in [9.17, 15) is 0 Å². The lowest BCUT2D eigenvalue weighted by atomic mass is 9.90. The van der Waals surface area contributed by atoms with Gasteiger partial charge in [-0.05, 0) is 38.5 Å². The Labute approximate surface area is 86.3 Å². The van der Waals surface area contributed by atoms with E-state index in [2.05, 4.69) is 4.90 Å². The van der Waals surface area contributed by atoms with E-state index >= 15 is 0 Å². The molecule has 0 bridgehead atoms. The van der Waals surface area contributed by atoms with Gasteiger partial charge in [-0.25, -0.2) is 0 Å². The van der Waals surface area contributed by atoms with Crippen LogP contribution in [0.15, 0.2) is 0 Å². The van der Waals surface area contributed by atoms with E-state index in [1.807, 2.05) is 0 Å². The van der Waals surface area contributed by atoms with Crippen molar-refractivity contribution in [3.63, 3.8) is 0 Å². The highest BCUT2D eigenvalue weighted by atomic mass is 16.3. The van der Waals surface area contributed by atoms with Crippen molar-refractivity contribution in [1.29, 1.82) is 0 Å². The summed E-state index contributed by atoms with van der Waals surface area (Å²) in [6.45, 7) is 1.17. The van der Waals surface area contributed by atoms with Crippen LogP contribution in [-0.4, -0.2) is 41.3 Å². The van der Waals surface area contributed by atoms with Crippen LogP contribution >= 0.6 is 0 Å². The molecule has 3 nitrogen and oxygen atoms in total. The van der Waals surface area contributed by atoms with Gasteiger partial charge in [0, 0.05) is 24.7 Å². The first-order valence-electron chi connectivity index (χ1n) is 5.93. The molecule has 14 heavy (non-hydrogen) atoms. The highest BCUT2D eigenvalue weighted by molar-refractivity contribution is 4.91. The molecule has 2 aliphatic rings. The third-order valence-electron chi connectivity index (χ3n) is 3.58. The van der Waals surface area contributed by atoms with E-state index in [-0.39, 0.29) is 0 Å². The van der Waals surface area contributed by atoms with Gasteiger partial charge in [-0.15, -0.1) is 0 Å². The lowest BCUT2D eigenvalue weighted by Crippen LogP contribution is -2.43. The van der Waals surface area contributed by atoms with E-state index in [1.165, 1.54) is 38.5 Å². The molecule has 2 aliphatic carbocycles. The zero-order valence-electron chi connectivity index (χ0n) is 8.86. The van der Waals surface area contributed by atoms with Crippen molar-refractivity contribution in [2.24, 2.45) is 5.73 Å². The van der Waals surface area contributed by atoms with Crippen LogP contribution in [0.25, 0.3) is 0 Å². The summed E-state index contributed by atoms with van der Waals surface area (Å²) in [6.07, 6.45) is 7.47. The summed E-state index contributed by atoms with van der Waals surface area (Å²) < 4.78 is 0. The van der Waals surface area contributed by atoms with E-state index in [0.717, 1.165) is 12.6 Å². The van der Waals surface area contributed by atoms with Crippen LogP contribution in [-0.2, 0) is 0 Å². The van der Waals surface area contributed by atoms with Gasteiger partial charge in [0.05, 0.1) is 6.61 Å². The van der Waals surface area contributed by atoms with Crippen molar-refractivity contribution in [1.82, 2.24) is 4.90 Å². The Morgan fingerprint density at radius 2 is 1.50 bits per heavy atom. The van der Waals surface area contributed by atoms with Crippen LogP contribution in [0.2, 0.25) is 0 Å². The summed E-state index contributed by atoms with van der Waals surface area (Å²) in [7, 11) is 0.